The van der Waals surface area contributed by atoms with Gasteiger partial charge in [0, 0.05) is 23.8 Å². The van der Waals surface area contributed by atoms with Crippen molar-refractivity contribution in [3.8, 4) is 11.1 Å². The summed E-state index contributed by atoms with van der Waals surface area (Å²) in [4.78, 5) is 21.5. The lowest BCUT2D eigenvalue weighted by molar-refractivity contribution is -0.119. The summed E-state index contributed by atoms with van der Waals surface area (Å²) in [5.41, 5.74) is 10.8. The normalized spacial score (nSPS) is 21.4. The van der Waals surface area contributed by atoms with Crippen molar-refractivity contribution in [3.05, 3.63) is 70.7 Å². The highest BCUT2D eigenvalue weighted by atomic mass is 32.1. The predicted molar refractivity (Wildman–Crippen MR) is 159 cm³/mol. The van der Waals surface area contributed by atoms with Crippen LogP contribution >= 0.6 is 11.3 Å². The van der Waals surface area contributed by atoms with Crippen LogP contribution in [0.1, 0.15) is 74.4 Å². The monoisotopic (exact) mass is 529 g/mol. The molecule has 4 nitrogen and oxygen atoms in total. The standard InChI is InChI=1S/C33H43N3OS/c1-2-19-36(29-16-17-31-32(23-29)38-33(34)35-31)20-18-24-8-10-25(11-9-24)21-30(37)22-26-12-14-28(15-13-26)27-6-4-3-5-7-27/h3-7,12-15,24-25,29H,2,8-11,16-23H2,1H3,(H2,34,35)/t24?,25?,29-/m0/s1. The van der Waals surface area contributed by atoms with Gasteiger partial charge in [0.25, 0.3) is 0 Å². The molecule has 1 heterocycles. The molecule has 2 aromatic carbocycles. The highest BCUT2D eigenvalue weighted by molar-refractivity contribution is 7.15. The molecule has 0 saturated heterocycles. The summed E-state index contributed by atoms with van der Waals surface area (Å²) in [6.07, 6.45) is 12.2. The van der Waals surface area contributed by atoms with Crippen LogP contribution in [-0.4, -0.2) is 34.8 Å². The molecule has 0 aliphatic heterocycles. The van der Waals surface area contributed by atoms with Crippen molar-refractivity contribution in [2.45, 2.75) is 83.6 Å². The van der Waals surface area contributed by atoms with E-state index in [1.165, 1.54) is 79.7 Å². The molecule has 38 heavy (non-hydrogen) atoms. The van der Waals surface area contributed by atoms with Crippen molar-refractivity contribution in [3.63, 3.8) is 0 Å². The smallest absolute Gasteiger partial charge is 0.180 e. The summed E-state index contributed by atoms with van der Waals surface area (Å²) >= 11 is 1.69. The van der Waals surface area contributed by atoms with Gasteiger partial charge in [0.05, 0.1) is 5.69 Å². The Morgan fingerprint density at radius 2 is 1.66 bits per heavy atom. The Kier molecular flexibility index (Phi) is 9.29. The number of hydrogen-bond acceptors (Lipinski definition) is 5. The Labute approximate surface area is 232 Å². The molecule has 5 rings (SSSR count). The maximum Gasteiger partial charge on any atom is 0.180 e. The third-order valence-electron chi connectivity index (χ3n) is 8.73. The van der Waals surface area contributed by atoms with Gasteiger partial charge < -0.3 is 10.6 Å². The van der Waals surface area contributed by atoms with Crippen molar-refractivity contribution < 1.29 is 4.79 Å². The second-order valence-electron chi connectivity index (χ2n) is 11.5. The first-order chi connectivity index (χ1) is 18.6. The van der Waals surface area contributed by atoms with Gasteiger partial charge in [-0.2, -0.15) is 0 Å². The number of rotatable bonds is 11. The second kappa shape index (κ2) is 13.0. The number of nitrogens with two attached hydrogens (primary N) is 1. The van der Waals surface area contributed by atoms with Gasteiger partial charge >= 0.3 is 0 Å². The molecule has 3 aromatic rings. The van der Waals surface area contributed by atoms with Crippen LogP contribution in [0.5, 0.6) is 0 Å². The average Bonchev–Trinajstić information content (AvgIpc) is 3.32. The molecule has 0 unspecified atom stereocenters. The van der Waals surface area contributed by atoms with E-state index in [0.717, 1.165) is 35.9 Å². The zero-order valence-electron chi connectivity index (χ0n) is 22.9. The number of benzene rings is 2. The van der Waals surface area contributed by atoms with E-state index in [-0.39, 0.29) is 0 Å². The number of nitrogens with zero attached hydrogens (tertiary/aromatic N) is 2. The Balaban J connectivity index is 1.04. The van der Waals surface area contributed by atoms with E-state index >= 15 is 0 Å². The van der Waals surface area contributed by atoms with Crippen LogP contribution in [0.3, 0.4) is 0 Å². The largest absolute Gasteiger partial charge is 0.375 e. The van der Waals surface area contributed by atoms with E-state index in [0.29, 0.717) is 24.2 Å². The maximum atomic E-state index is 12.9. The minimum Gasteiger partial charge on any atom is -0.375 e. The maximum absolute atomic E-state index is 12.9. The molecule has 2 N–H and O–H groups in total. The molecular weight excluding hydrogens is 486 g/mol. The SMILES string of the molecule is CCCN(CCC1CCC(CC(=O)Cc2ccc(-c3ccccc3)cc2)CC1)[C@H]1CCc2nc(N)sc2C1. The Bertz CT molecular complexity index is 1160. The van der Waals surface area contributed by atoms with Gasteiger partial charge in [0.15, 0.2) is 5.13 Å². The third-order valence-corrected chi connectivity index (χ3v) is 9.68. The van der Waals surface area contributed by atoms with E-state index in [4.69, 9.17) is 5.73 Å². The molecule has 202 valence electrons. The van der Waals surface area contributed by atoms with Crippen LogP contribution in [-0.2, 0) is 24.1 Å². The van der Waals surface area contributed by atoms with Gasteiger partial charge in [-0.15, -0.1) is 11.3 Å². The number of hydrogen-bond donors (Lipinski definition) is 1. The van der Waals surface area contributed by atoms with Crippen molar-refractivity contribution in [2.24, 2.45) is 11.8 Å². The van der Waals surface area contributed by atoms with Crippen LogP contribution in [0.4, 0.5) is 5.13 Å². The number of aryl methyl sites for hydroxylation is 1. The Morgan fingerprint density at radius 1 is 0.947 bits per heavy atom. The molecule has 0 radical (unpaired) electrons. The fraction of sp³-hybridized carbons (Fsp3) is 0.515. The van der Waals surface area contributed by atoms with E-state index in [2.05, 4.69) is 65.3 Å². The summed E-state index contributed by atoms with van der Waals surface area (Å²) in [6.45, 7) is 4.69. The minimum atomic E-state index is 0.399. The van der Waals surface area contributed by atoms with Crippen molar-refractivity contribution in [1.29, 1.82) is 0 Å². The number of fused-ring (bicyclic) bond motifs is 1. The summed E-state index contributed by atoms with van der Waals surface area (Å²) in [7, 11) is 0. The highest BCUT2D eigenvalue weighted by Crippen LogP contribution is 2.35. The predicted octanol–water partition coefficient (Wildman–Crippen LogP) is 7.36. The van der Waals surface area contributed by atoms with Crippen LogP contribution in [0.15, 0.2) is 54.6 Å². The van der Waals surface area contributed by atoms with Gasteiger partial charge in [-0.05, 0) is 86.6 Å². The molecular formula is C33H43N3OS. The Hall–Kier alpha value is -2.50. The molecule has 1 aromatic heterocycles. The molecule has 1 atom stereocenters. The number of anilines is 1. The second-order valence-corrected chi connectivity index (χ2v) is 12.6. The first-order valence-corrected chi connectivity index (χ1v) is 15.5. The molecule has 0 bridgehead atoms. The molecule has 1 saturated carbocycles. The summed E-state index contributed by atoms with van der Waals surface area (Å²) < 4.78 is 0. The molecule has 2 aliphatic rings. The van der Waals surface area contributed by atoms with Crippen molar-refractivity contribution >= 4 is 22.3 Å². The van der Waals surface area contributed by atoms with Crippen LogP contribution in [0.25, 0.3) is 11.1 Å². The fourth-order valence-corrected chi connectivity index (χ4v) is 7.54. The average molecular weight is 530 g/mol. The molecule has 0 amide bonds. The quantitative estimate of drug-likeness (QED) is 0.282. The van der Waals surface area contributed by atoms with Crippen molar-refractivity contribution in [2.75, 3.05) is 18.8 Å². The number of Topliss-reactive ketones (excluding diaryl/α,β-unsaturated/α-hetero) is 1. The number of nitrogen functional groups attached to an aromatic ring is 1. The lowest BCUT2D eigenvalue weighted by atomic mass is 9.78. The molecule has 2 aliphatic carbocycles. The summed E-state index contributed by atoms with van der Waals surface area (Å²) in [5, 5.41) is 0.730. The zero-order chi connectivity index (χ0) is 26.3. The van der Waals surface area contributed by atoms with Gasteiger partial charge in [-0.25, -0.2) is 4.98 Å². The minimum absolute atomic E-state index is 0.399. The van der Waals surface area contributed by atoms with E-state index < -0.39 is 0 Å². The molecule has 5 heteroatoms. The van der Waals surface area contributed by atoms with Gasteiger partial charge in [-0.3, -0.25) is 4.79 Å². The zero-order valence-corrected chi connectivity index (χ0v) is 23.7. The Morgan fingerprint density at radius 3 is 2.39 bits per heavy atom. The molecule has 1 fully saturated rings. The lowest BCUT2D eigenvalue weighted by Gasteiger charge is -2.36. The fourth-order valence-electron chi connectivity index (χ4n) is 6.59. The number of aromatic nitrogens is 1. The van der Waals surface area contributed by atoms with Gasteiger partial charge in [0.1, 0.15) is 5.78 Å². The van der Waals surface area contributed by atoms with Crippen molar-refractivity contribution in [1.82, 2.24) is 9.88 Å². The third kappa shape index (κ3) is 7.12. The number of ketones is 1. The number of carbonyl (C=O) groups excluding carboxylic acids is 1. The highest BCUT2D eigenvalue weighted by Gasteiger charge is 2.28. The number of thiazole rings is 1. The van der Waals surface area contributed by atoms with Crippen LogP contribution in [0.2, 0.25) is 0 Å². The van der Waals surface area contributed by atoms with Crippen LogP contribution < -0.4 is 5.73 Å². The van der Waals surface area contributed by atoms with E-state index in [1.54, 1.807) is 11.3 Å². The van der Waals surface area contributed by atoms with Crippen LogP contribution in [0, 0.1) is 11.8 Å². The summed E-state index contributed by atoms with van der Waals surface area (Å²) in [5.74, 6) is 1.78. The van der Waals surface area contributed by atoms with Gasteiger partial charge in [-0.1, -0.05) is 74.4 Å². The van der Waals surface area contributed by atoms with E-state index in [1.807, 2.05) is 6.07 Å². The first-order valence-electron chi connectivity index (χ1n) is 14.7. The van der Waals surface area contributed by atoms with E-state index in [9.17, 15) is 4.79 Å². The summed E-state index contributed by atoms with van der Waals surface area (Å²) in [6, 6.07) is 19.6. The first kappa shape index (κ1) is 27.1. The number of carbonyl (C=O) groups is 1. The van der Waals surface area contributed by atoms with Gasteiger partial charge in [0.2, 0.25) is 0 Å². The lowest BCUT2D eigenvalue weighted by Crippen LogP contribution is -2.41. The topological polar surface area (TPSA) is 59.2 Å². The molecule has 0 spiro atoms.